The van der Waals surface area contributed by atoms with Crippen LogP contribution in [-0.4, -0.2) is 24.3 Å². The van der Waals surface area contributed by atoms with Crippen molar-refractivity contribution in [1.82, 2.24) is 16.2 Å². The van der Waals surface area contributed by atoms with Crippen LogP contribution in [0.25, 0.3) is 0 Å². The monoisotopic (exact) mass is 437 g/mol. The van der Waals surface area contributed by atoms with Gasteiger partial charge in [-0.05, 0) is 29.3 Å². The molecule has 0 saturated carbocycles. The normalized spacial score (nSPS) is 10.2. The first-order chi connectivity index (χ1) is 15.0. The lowest BCUT2D eigenvalue weighted by atomic mass is 10.0. The van der Waals surface area contributed by atoms with Crippen LogP contribution in [-0.2, 0) is 22.6 Å². The number of thiophene rings is 1. The Labute approximate surface area is 184 Å². The van der Waals surface area contributed by atoms with E-state index in [1.165, 1.54) is 18.3 Å². The van der Waals surface area contributed by atoms with Gasteiger partial charge >= 0.3 is 0 Å². The van der Waals surface area contributed by atoms with Crippen LogP contribution in [0, 0.1) is 0 Å². The van der Waals surface area contributed by atoms with Gasteiger partial charge in [0.1, 0.15) is 5.75 Å². The number of para-hydroxylation sites is 1. The van der Waals surface area contributed by atoms with Crippen molar-refractivity contribution < 1.29 is 19.1 Å². The molecule has 1 aromatic heterocycles. The molecule has 160 valence electrons. The van der Waals surface area contributed by atoms with Crippen molar-refractivity contribution in [3.63, 3.8) is 0 Å². The molecule has 3 N–H and O–H groups in total. The van der Waals surface area contributed by atoms with Gasteiger partial charge in [0.2, 0.25) is 5.91 Å². The molecule has 3 amide bonds. The molecule has 0 atom stereocenters. The van der Waals surface area contributed by atoms with E-state index in [4.69, 9.17) is 4.74 Å². The number of carbonyl (C=O) groups excluding carboxylic acids is 3. The molecule has 3 aromatic rings. The fraction of sp³-hybridized carbons (Fsp3) is 0.174. The molecule has 7 nitrogen and oxygen atoms in total. The van der Waals surface area contributed by atoms with Gasteiger partial charge in [0, 0.05) is 18.2 Å². The molecule has 2 aromatic carbocycles. The number of hydrazine groups is 1. The van der Waals surface area contributed by atoms with Crippen molar-refractivity contribution in [2.45, 2.75) is 19.9 Å². The summed E-state index contributed by atoms with van der Waals surface area (Å²) in [6, 6.07) is 20.9. The van der Waals surface area contributed by atoms with E-state index in [1.54, 1.807) is 12.1 Å². The van der Waals surface area contributed by atoms with Gasteiger partial charge in [-0.25, -0.2) is 0 Å². The lowest BCUT2D eigenvalue weighted by Crippen LogP contribution is -2.43. The summed E-state index contributed by atoms with van der Waals surface area (Å²) in [5, 5.41) is 2.67. The largest absolute Gasteiger partial charge is 0.483 e. The van der Waals surface area contributed by atoms with Gasteiger partial charge in [-0.2, -0.15) is 0 Å². The van der Waals surface area contributed by atoms with Crippen LogP contribution >= 0.6 is 11.3 Å². The lowest BCUT2D eigenvalue weighted by Gasteiger charge is -2.12. The SMILES string of the molecule is CC(=O)NCc1ccc(C(=O)NNC(=O)COc2ccccc2Cc2ccccc2)s1. The quantitative estimate of drug-likeness (QED) is 0.472. The van der Waals surface area contributed by atoms with Gasteiger partial charge in [0.15, 0.2) is 6.61 Å². The third kappa shape index (κ3) is 6.97. The number of hydrogen-bond acceptors (Lipinski definition) is 5. The summed E-state index contributed by atoms with van der Waals surface area (Å²) in [6.07, 6.45) is 0.689. The smallest absolute Gasteiger partial charge is 0.279 e. The van der Waals surface area contributed by atoms with Crippen LogP contribution in [0.15, 0.2) is 66.7 Å². The van der Waals surface area contributed by atoms with Crippen LogP contribution in [0.5, 0.6) is 5.75 Å². The summed E-state index contributed by atoms with van der Waals surface area (Å²) < 4.78 is 5.67. The van der Waals surface area contributed by atoms with Gasteiger partial charge in [-0.3, -0.25) is 25.2 Å². The predicted octanol–water partition coefficient (Wildman–Crippen LogP) is 2.82. The second kappa shape index (κ2) is 10.9. The fourth-order valence-electron chi connectivity index (χ4n) is 2.78. The minimum atomic E-state index is -0.474. The number of amides is 3. The average molecular weight is 438 g/mol. The number of carbonyl (C=O) groups is 3. The van der Waals surface area contributed by atoms with E-state index in [1.807, 2.05) is 54.6 Å². The van der Waals surface area contributed by atoms with E-state index >= 15 is 0 Å². The van der Waals surface area contributed by atoms with E-state index in [2.05, 4.69) is 16.2 Å². The van der Waals surface area contributed by atoms with Gasteiger partial charge in [-0.15, -0.1) is 11.3 Å². The maximum absolute atomic E-state index is 12.2. The summed E-state index contributed by atoms with van der Waals surface area (Å²) in [5.41, 5.74) is 6.84. The zero-order valence-corrected chi connectivity index (χ0v) is 17.8. The molecule has 0 bridgehead atoms. The van der Waals surface area contributed by atoms with E-state index in [0.29, 0.717) is 23.6 Å². The lowest BCUT2D eigenvalue weighted by molar-refractivity contribution is -0.124. The standard InChI is InChI=1S/C23H23N3O4S/c1-16(27)24-14-19-11-12-21(31-19)23(29)26-25-22(28)15-30-20-10-6-5-9-18(20)13-17-7-3-2-4-8-17/h2-12H,13-15H2,1H3,(H,24,27)(H,25,28)(H,26,29). The average Bonchev–Trinajstić information content (AvgIpc) is 3.25. The number of benzene rings is 2. The first-order valence-electron chi connectivity index (χ1n) is 9.68. The zero-order valence-electron chi connectivity index (χ0n) is 17.0. The van der Waals surface area contributed by atoms with E-state index < -0.39 is 11.8 Å². The second-order valence-corrected chi connectivity index (χ2v) is 7.91. The Morgan fingerprint density at radius 2 is 1.65 bits per heavy atom. The Kier molecular flexibility index (Phi) is 7.78. The van der Waals surface area contributed by atoms with Gasteiger partial charge in [0.05, 0.1) is 11.4 Å². The Balaban J connectivity index is 1.47. The molecular formula is C23H23N3O4S. The molecule has 0 aliphatic rings. The molecule has 8 heteroatoms. The minimum absolute atomic E-state index is 0.142. The van der Waals surface area contributed by atoms with Crippen LogP contribution in [0.4, 0.5) is 0 Å². The number of rotatable bonds is 8. The molecule has 0 fully saturated rings. The van der Waals surface area contributed by atoms with Crippen molar-refractivity contribution >= 4 is 29.1 Å². The highest BCUT2D eigenvalue weighted by Gasteiger charge is 2.12. The molecule has 0 radical (unpaired) electrons. The Bertz CT molecular complexity index is 1050. The van der Waals surface area contributed by atoms with Gasteiger partial charge in [0.25, 0.3) is 11.8 Å². The first-order valence-corrected chi connectivity index (χ1v) is 10.5. The van der Waals surface area contributed by atoms with E-state index in [9.17, 15) is 14.4 Å². The first kappa shape index (κ1) is 22.0. The van der Waals surface area contributed by atoms with Crippen molar-refractivity contribution in [1.29, 1.82) is 0 Å². The Morgan fingerprint density at radius 3 is 2.42 bits per heavy atom. The Morgan fingerprint density at radius 1 is 0.903 bits per heavy atom. The third-order valence-corrected chi connectivity index (χ3v) is 5.37. The van der Waals surface area contributed by atoms with Crippen LogP contribution in [0.3, 0.4) is 0 Å². The van der Waals surface area contributed by atoms with E-state index in [0.717, 1.165) is 16.0 Å². The molecular weight excluding hydrogens is 414 g/mol. The second-order valence-electron chi connectivity index (χ2n) is 6.74. The maximum Gasteiger partial charge on any atom is 0.279 e. The molecule has 0 unspecified atom stereocenters. The summed E-state index contributed by atoms with van der Waals surface area (Å²) in [4.78, 5) is 36.5. The van der Waals surface area contributed by atoms with Crippen molar-refractivity contribution in [2.24, 2.45) is 0 Å². The molecule has 1 heterocycles. The van der Waals surface area contributed by atoms with Crippen LogP contribution in [0.1, 0.15) is 32.6 Å². The van der Waals surface area contributed by atoms with Crippen molar-refractivity contribution in [3.8, 4) is 5.75 Å². The number of hydrogen-bond donors (Lipinski definition) is 3. The highest BCUT2D eigenvalue weighted by atomic mass is 32.1. The molecule has 0 aliphatic heterocycles. The van der Waals surface area contributed by atoms with Gasteiger partial charge < -0.3 is 10.1 Å². The number of nitrogens with one attached hydrogen (secondary N) is 3. The topological polar surface area (TPSA) is 96.5 Å². The van der Waals surface area contributed by atoms with E-state index in [-0.39, 0.29) is 12.5 Å². The summed E-state index contributed by atoms with van der Waals surface area (Å²) in [6.45, 7) is 1.55. The molecule has 0 spiro atoms. The van der Waals surface area contributed by atoms with Crippen LogP contribution in [0.2, 0.25) is 0 Å². The zero-order chi connectivity index (χ0) is 22.1. The molecule has 0 saturated heterocycles. The van der Waals surface area contributed by atoms with Crippen molar-refractivity contribution in [3.05, 3.63) is 87.6 Å². The molecule has 0 aliphatic carbocycles. The fourth-order valence-corrected chi connectivity index (χ4v) is 3.62. The molecule has 3 rings (SSSR count). The summed E-state index contributed by atoms with van der Waals surface area (Å²) in [7, 11) is 0. The maximum atomic E-state index is 12.2. The van der Waals surface area contributed by atoms with Crippen LogP contribution < -0.4 is 20.9 Å². The summed E-state index contributed by atoms with van der Waals surface area (Å²) in [5.74, 6) is -0.430. The minimum Gasteiger partial charge on any atom is -0.483 e. The highest BCUT2D eigenvalue weighted by Crippen LogP contribution is 2.21. The van der Waals surface area contributed by atoms with Crippen molar-refractivity contribution in [2.75, 3.05) is 6.61 Å². The predicted molar refractivity (Wildman–Crippen MR) is 119 cm³/mol. The molecule has 31 heavy (non-hydrogen) atoms. The summed E-state index contributed by atoms with van der Waals surface area (Å²) >= 11 is 1.24. The third-order valence-electron chi connectivity index (χ3n) is 4.28. The highest BCUT2D eigenvalue weighted by molar-refractivity contribution is 7.14. The van der Waals surface area contributed by atoms with Gasteiger partial charge in [-0.1, -0.05) is 48.5 Å². The number of ether oxygens (including phenoxy) is 1. The Hall–Kier alpha value is -3.65.